The molecule has 128 valence electrons. The lowest BCUT2D eigenvalue weighted by Gasteiger charge is -2.06. The number of rotatable bonds is 3. The first-order valence-electron chi connectivity index (χ1n) is 6.97. The molecule has 0 atom stereocenters. The molecule has 1 heterocycles. The van der Waals surface area contributed by atoms with Gasteiger partial charge in [0.1, 0.15) is 5.75 Å². The van der Waals surface area contributed by atoms with E-state index in [9.17, 15) is 18.0 Å². The molecule has 0 spiro atoms. The van der Waals surface area contributed by atoms with Gasteiger partial charge in [-0.25, -0.2) is 4.79 Å². The summed E-state index contributed by atoms with van der Waals surface area (Å²) < 4.78 is 46.6. The molecule has 0 bridgehead atoms. The quantitative estimate of drug-likeness (QED) is 0.760. The number of nitrogens with one attached hydrogen (secondary N) is 1. The van der Waals surface area contributed by atoms with Crippen molar-refractivity contribution in [2.24, 2.45) is 0 Å². The average Bonchev–Trinajstić information content (AvgIpc) is 3.07. The van der Waals surface area contributed by atoms with Crippen molar-refractivity contribution in [3.8, 4) is 17.1 Å². The molecule has 3 aromatic rings. The van der Waals surface area contributed by atoms with Crippen LogP contribution in [0.15, 0.2) is 59.1 Å². The minimum Gasteiger partial charge on any atom is -0.410 e. The Morgan fingerprint density at radius 2 is 1.72 bits per heavy atom. The van der Waals surface area contributed by atoms with Gasteiger partial charge >= 0.3 is 18.2 Å². The number of halogens is 3. The molecule has 0 aliphatic heterocycles. The van der Waals surface area contributed by atoms with E-state index in [-0.39, 0.29) is 5.82 Å². The fraction of sp³-hybridized carbons (Fsp3) is 0.0625. The van der Waals surface area contributed by atoms with Crippen molar-refractivity contribution in [3.05, 3.63) is 60.5 Å². The largest absolute Gasteiger partial charge is 0.471 e. The van der Waals surface area contributed by atoms with Crippen molar-refractivity contribution in [2.75, 3.05) is 5.32 Å². The Hall–Kier alpha value is -3.36. The third-order valence-corrected chi connectivity index (χ3v) is 3.01. The third kappa shape index (κ3) is 4.14. The fourth-order valence-electron chi connectivity index (χ4n) is 1.90. The Labute approximate surface area is 139 Å². The van der Waals surface area contributed by atoms with E-state index in [0.717, 1.165) is 0 Å². The van der Waals surface area contributed by atoms with Crippen LogP contribution in [0.1, 0.15) is 5.89 Å². The second kappa shape index (κ2) is 6.63. The topological polar surface area (TPSA) is 77.3 Å². The smallest absolute Gasteiger partial charge is 0.410 e. The summed E-state index contributed by atoms with van der Waals surface area (Å²) in [6, 6.07) is 14.3. The van der Waals surface area contributed by atoms with E-state index in [1.165, 1.54) is 24.3 Å². The lowest BCUT2D eigenvalue weighted by Crippen LogP contribution is -2.16. The number of carbonyl (C=O) groups excluding carboxylic acids is 1. The molecule has 0 aliphatic rings. The summed E-state index contributed by atoms with van der Waals surface area (Å²) in [5.41, 5.74) is 0.699. The first kappa shape index (κ1) is 16.5. The highest BCUT2D eigenvalue weighted by molar-refractivity contribution is 5.86. The van der Waals surface area contributed by atoms with Gasteiger partial charge in [-0.05, 0) is 36.4 Å². The van der Waals surface area contributed by atoms with Crippen LogP contribution in [0, 0.1) is 0 Å². The molecule has 0 unspecified atom stereocenters. The van der Waals surface area contributed by atoms with Gasteiger partial charge < -0.3 is 9.26 Å². The Morgan fingerprint density at radius 3 is 2.32 bits per heavy atom. The number of hydrogen-bond acceptors (Lipinski definition) is 5. The summed E-state index contributed by atoms with van der Waals surface area (Å²) in [5.74, 6) is -1.25. The highest BCUT2D eigenvalue weighted by Crippen LogP contribution is 2.29. The second-order valence-corrected chi connectivity index (χ2v) is 4.83. The first-order valence-corrected chi connectivity index (χ1v) is 6.97. The number of carbonyl (C=O) groups is 1. The van der Waals surface area contributed by atoms with Gasteiger partial charge in [-0.1, -0.05) is 23.4 Å². The summed E-state index contributed by atoms with van der Waals surface area (Å²) in [6.45, 7) is 0. The third-order valence-electron chi connectivity index (χ3n) is 3.01. The average molecular weight is 349 g/mol. The number of alkyl halides is 3. The number of hydrogen-bond donors (Lipinski definition) is 1. The molecule has 2 aromatic carbocycles. The highest BCUT2D eigenvalue weighted by Gasteiger charge is 2.38. The molecule has 0 fully saturated rings. The second-order valence-electron chi connectivity index (χ2n) is 4.83. The zero-order valence-electron chi connectivity index (χ0n) is 12.4. The summed E-state index contributed by atoms with van der Waals surface area (Å²) in [5, 5.41) is 5.77. The lowest BCUT2D eigenvalue weighted by molar-refractivity contribution is -0.159. The van der Waals surface area contributed by atoms with E-state index in [2.05, 4.69) is 20.0 Å². The van der Waals surface area contributed by atoms with Crippen molar-refractivity contribution < 1.29 is 27.2 Å². The molecular weight excluding hydrogens is 339 g/mol. The number of nitrogens with zero attached hydrogens (tertiary/aromatic N) is 2. The number of benzene rings is 2. The van der Waals surface area contributed by atoms with Crippen LogP contribution in [0.4, 0.5) is 23.7 Å². The van der Waals surface area contributed by atoms with Gasteiger partial charge in [0.25, 0.3) is 0 Å². The van der Waals surface area contributed by atoms with E-state index in [0.29, 0.717) is 17.0 Å². The summed E-state index contributed by atoms with van der Waals surface area (Å²) in [7, 11) is 0. The van der Waals surface area contributed by atoms with Crippen molar-refractivity contribution >= 4 is 11.8 Å². The van der Waals surface area contributed by atoms with Crippen molar-refractivity contribution in [1.82, 2.24) is 10.1 Å². The zero-order valence-corrected chi connectivity index (χ0v) is 12.4. The van der Waals surface area contributed by atoms with Crippen LogP contribution in [0.3, 0.4) is 0 Å². The highest BCUT2D eigenvalue weighted by atomic mass is 19.4. The molecule has 0 saturated carbocycles. The SMILES string of the molecule is O=C(Nc1ccc(-c2noc(C(F)(F)F)n2)cc1)Oc1ccccc1. The molecular formula is C16H10F3N3O3. The van der Waals surface area contributed by atoms with Gasteiger partial charge in [-0.2, -0.15) is 18.2 Å². The first-order chi connectivity index (χ1) is 11.9. The van der Waals surface area contributed by atoms with Crippen LogP contribution in [0.2, 0.25) is 0 Å². The Morgan fingerprint density at radius 1 is 1.04 bits per heavy atom. The molecule has 6 nitrogen and oxygen atoms in total. The molecule has 9 heteroatoms. The Bertz CT molecular complexity index is 862. The Balaban J connectivity index is 1.66. The van der Waals surface area contributed by atoms with Gasteiger partial charge in [-0.3, -0.25) is 5.32 Å². The van der Waals surface area contributed by atoms with Crippen LogP contribution in [-0.2, 0) is 6.18 Å². The number of para-hydroxylation sites is 1. The molecule has 25 heavy (non-hydrogen) atoms. The number of anilines is 1. The molecule has 3 rings (SSSR count). The van der Waals surface area contributed by atoms with Crippen LogP contribution < -0.4 is 10.1 Å². The predicted molar refractivity (Wildman–Crippen MR) is 80.8 cm³/mol. The fourth-order valence-corrected chi connectivity index (χ4v) is 1.90. The maximum absolute atomic E-state index is 12.4. The predicted octanol–water partition coefficient (Wildman–Crippen LogP) is 4.37. The normalized spacial score (nSPS) is 11.2. The molecule has 1 N–H and O–H groups in total. The van der Waals surface area contributed by atoms with Crippen LogP contribution in [0.5, 0.6) is 5.75 Å². The standard InChI is InChI=1S/C16H10F3N3O3/c17-16(18,19)14-21-13(22-25-14)10-6-8-11(9-7-10)20-15(23)24-12-4-2-1-3-5-12/h1-9H,(H,20,23). The lowest BCUT2D eigenvalue weighted by atomic mass is 10.2. The zero-order chi connectivity index (χ0) is 17.9. The van der Waals surface area contributed by atoms with Crippen molar-refractivity contribution in [2.45, 2.75) is 6.18 Å². The minimum atomic E-state index is -4.70. The van der Waals surface area contributed by atoms with E-state index >= 15 is 0 Å². The van der Waals surface area contributed by atoms with Crippen molar-refractivity contribution in [1.29, 1.82) is 0 Å². The van der Waals surface area contributed by atoms with Crippen LogP contribution in [0.25, 0.3) is 11.4 Å². The maximum atomic E-state index is 12.4. The van der Waals surface area contributed by atoms with Gasteiger partial charge in [0, 0.05) is 11.3 Å². The van der Waals surface area contributed by atoms with Gasteiger partial charge in [0.05, 0.1) is 0 Å². The van der Waals surface area contributed by atoms with E-state index < -0.39 is 18.2 Å². The Kier molecular flexibility index (Phi) is 4.38. The van der Waals surface area contributed by atoms with E-state index in [1.807, 2.05) is 0 Å². The molecule has 1 aromatic heterocycles. The monoisotopic (exact) mass is 349 g/mol. The van der Waals surface area contributed by atoms with Crippen LogP contribution in [-0.4, -0.2) is 16.2 Å². The summed E-state index contributed by atoms with van der Waals surface area (Å²) in [4.78, 5) is 15.0. The molecule has 1 amide bonds. The maximum Gasteiger partial charge on any atom is 0.471 e. The van der Waals surface area contributed by atoms with E-state index in [1.54, 1.807) is 30.3 Å². The molecule has 0 radical (unpaired) electrons. The van der Waals surface area contributed by atoms with Crippen molar-refractivity contribution in [3.63, 3.8) is 0 Å². The van der Waals surface area contributed by atoms with Crippen LogP contribution >= 0.6 is 0 Å². The summed E-state index contributed by atoms with van der Waals surface area (Å²) >= 11 is 0. The summed E-state index contributed by atoms with van der Waals surface area (Å²) in [6.07, 6.45) is -5.40. The molecule has 0 aliphatic carbocycles. The van der Waals surface area contributed by atoms with Gasteiger partial charge in [-0.15, -0.1) is 0 Å². The number of aromatic nitrogens is 2. The molecule has 0 saturated heterocycles. The van der Waals surface area contributed by atoms with Gasteiger partial charge in [0.15, 0.2) is 0 Å². The van der Waals surface area contributed by atoms with Gasteiger partial charge in [0.2, 0.25) is 5.82 Å². The minimum absolute atomic E-state index is 0.203. The van der Waals surface area contributed by atoms with E-state index in [4.69, 9.17) is 4.74 Å². The number of amides is 1. The number of ether oxygens (including phenoxy) is 1.